The SMILES string of the molecule is C[C@@H]1CCC[C@H]([NH+]2CC[NH+](Cc3ccccc3)CC2)C1. The molecule has 20 heavy (non-hydrogen) atoms. The van der Waals surface area contributed by atoms with E-state index in [1.54, 1.807) is 4.90 Å². The fourth-order valence-corrected chi connectivity index (χ4v) is 4.20. The van der Waals surface area contributed by atoms with Crippen molar-refractivity contribution in [1.29, 1.82) is 0 Å². The monoisotopic (exact) mass is 274 g/mol. The summed E-state index contributed by atoms with van der Waals surface area (Å²) in [5.74, 6) is 0.968. The summed E-state index contributed by atoms with van der Waals surface area (Å²) < 4.78 is 0. The molecule has 2 fully saturated rings. The third-order valence-corrected chi connectivity index (χ3v) is 5.41. The predicted octanol–water partition coefficient (Wildman–Crippen LogP) is 0.549. The van der Waals surface area contributed by atoms with Crippen LogP contribution in [-0.2, 0) is 6.54 Å². The van der Waals surface area contributed by atoms with E-state index in [4.69, 9.17) is 0 Å². The maximum absolute atomic E-state index is 2.45. The molecule has 2 N–H and O–H groups in total. The minimum atomic E-state index is 0.968. The Morgan fingerprint density at radius 3 is 2.45 bits per heavy atom. The van der Waals surface area contributed by atoms with E-state index in [1.165, 1.54) is 64.0 Å². The molecule has 1 heterocycles. The fraction of sp³-hybridized carbons (Fsp3) is 0.667. The molecule has 110 valence electrons. The summed E-state index contributed by atoms with van der Waals surface area (Å²) in [6.45, 7) is 9.15. The highest BCUT2D eigenvalue weighted by molar-refractivity contribution is 5.13. The summed E-state index contributed by atoms with van der Waals surface area (Å²) in [4.78, 5) is 3.69. The van der Waals surface area contributed by atoms with Crippen molar-refractivity contribution < 1.29 is 9.80 Å². The van der Waals surface area contributed by atoms with Gasteiger partial charge in [-0.3, -0.25) is 0 Å². The summed E-state index contributed by atoms with van der Waals surface area (Å²) in [5.41, 5.74) is 1.50. The second-order valence-corrected chi connectivity index (χ2v) is 7.04. The first-order chi connectivity index (χ1) is 9.81. The molecular weight excluding hydrogens is 244 g/mol. The predicted molar refractivity (Wildman–Crippen MR) is 83.0 cm³/mol. The molecule has 1 saturated carbocycles. The lowest BCUT2D eigenvalue weighted by Gasteiger charge is -2.37. The zero-order valence-corrected chi connectivity index (χ0v) is 12.9. The third-order valence-electron chi connectivity index (χ3n) is 5.41. The summed E-state index contributed by atoms with van der Waals surface area (Å²) >= 11 is 0. The molecule has 2 atom stereocenters. The molecule has 1 aliphatic heterocycles. The Bertz CT molecular complexity index is 395. The van der Waals surface area contributed by atoms with Crippen molar-refractivity contribution in [2.45, 2.75) is 45.2 Å². The first-order valence-electron chi connectivity index (χ1n) is 8.53. The third kappa shape index (κ3) is 3.62. The highest BCUT2D eigenvalue weighted by Crippen LogP contribution is 2.21. The average Bonchev–Trinajstić information content (AvgIpc) is 2.49. The highest BCUT2D eigenvalue weighted by atomic mass is 15.3. The van der Waals surface area contributed by atoms with Crippen LogP contribution in [0.3, 0.4) is 0 Å². The van der Waals surface area contributed by atoms with E-state index < -0.39 is 0 Å². The van der Waals surface area contributed by atoms with Crippen molar-refractivity contribution >= 4 is 0 Å². The highest BCUT2D eigenvalue weighted by Gasteiger charge is 2.32. The zero-order chi connectivity index (χ0) is 13.8. The lowest BCUT2D eigenvalue weighted by Crippen LogP contribution is -3.29. The van der Waals surface area contributed by atoms with Gasteiger partial charge in [-0.05, 0) is 18.8 Å². The first-order valence-corrected chi connectivity index (χ1v) is 8.53. The van der Waals surface area contributed by atoms with Gasteiger partial charge < -0.3 is 9.80 Å². The van der Waals surface area contributed by atoms with Crippen LogP contribution in [0.1, 0.15) is 38.2 Å². The standard InChI is InChI=1S/C18H28N2/c1-16-6-5-9-18(14-16)20-12-10-19(11-13-20)15-17-7-3-2-4-8-17/h2-4,7-8,16,18H,5-6,9-15H2,1H3/p+2/t16-,18+/m1/s1. The van der Waals surface area contributed by atoms with E-state index >= 15 is 0 Å². The van der Waals surface area contributed by atoms with Gasteiger partial charge in [0.1, 0.15) is 32.7 Å². The second-order valence-electron chi connectivity index (χ2n) is 7.04. The van der Waals surface area contributed by atoms with E-state index in [9.17, 15) is 0 Å². The molecule has 0 radical (unpaired) electrons. The zero-order valence-electron chi connectivity index (χ0n) is 12.9. The number of benzene rings is 1. The summed E-state index contributed by atoms with van der Waals surface area (Å²) in [6, 6.07) is 12.0. The van der Waals surface area contributed by atoms with Crippen LogP contribution in [-0.4, -0.2) is 32.2 Å². The molecule has 0 amide bonds. The minimum absolute atomic E-state index is 0.968. The van der Waals surface area contributed by atoms with Crippen LogP contribution >= 0.6 is 0 Å². The Kier molecular flexibility index (Phi) is 4.74. The van der Waals surface area contributed by atoms with Crippen molar-refractivity contribution in [3.8, 4) is 0 Å². The molecular formula is C18H30N2+2. The molecule has 1 saturated heterocycles. The molecule has 0 bridgehead atoms. The molecule has 1 aromatic rings. The van der Waals surface area contributed by atoms with Crippen LogP contribution in [0.5, 0.6) is 0 Å². The van der Waals surface area contributed by atoms with Crippen molar-refractivity contribution in [3.05, 3.63) is 35.9 Å². The number of nitrogens with one attached hydrogen (secondary N) is 2. The van der Waals surface area contributed by atoms with Crippen molar-refractivity contribution in [1.82, 2.24) is 0 Å². The molecule has 0 aromatic heterocycles. The fourth-order valence-electron chi connectivity index (χ4n) is 4.20. The van der Waals surface area contributed by atoms with Gasteiger partial charge in [-0.1, -0.05) is 43.7 Å². The molecule has 1 aromatic carbocycles. The van der Waals surface area contributed by atoms with Crippen LogP contribution in [0.25, 0.3) is 0 Å². The number of quaternary nitrogens is 2. The van der Waals surface area contributed by atoms with Crippen LogP contribution in [0.4, 0.5) is 0 Å². The van der Waals surface area contributed by atoms with Gasteiger partial charge in [0, 0.05) is 12.0 Å². The van der Waals surface area contributed by atoms with Crippen molar-refractivity contribution in [3.63, 3.8) is 0 Å². The van der Waals surface area contributed by atoms with Gasteiger partial charge in [0.25, 0.3) is 0 Å². The van der Waals surface area contributed by atoms with Gasteiger partial charge in [-0.25, -0.2) is 0 Å². The van der Waals surface area contributed by atoms with Crippen LogP contribution in [0.2, 0.25) is 0 Å². The largest absolute Gasteiger partial charge is 0.323 e. The van der Waals surface area contributed by atoms with Gasteiger partial charge in [0.05, 0.1) is 6.04 Å². The molecule has 2 aliphatic rings. The van der Waals surface area contributed by atoms with E-state index in [-0.39, 0.29) is 0 Å². The smallest absolute Gasteiger partial charge is 0.127 e. The maximum Gasteiger partial charge on any atom is 0.127 e. The topological polar surface area (TPSA) is 8.88 Å². The Morgan fingerprint density at radius 2 is 1.75 bits per heavy atom. The minimum Gasteiger partial charge on any atom is -0.323 e. The molecule has 0 spiro atoms. The Hall–Kier alpha value is -0.860. The molecule has 2 heteroatoms. The van der Waals surface area contributed by atoms with Gasteiger partial charge in [-0.2, -0.15) is 0 Å². The van der Waals surface area contributed by atoms with E-state index in [1.807, 2.05) is 4.90 Å². The lowest BCUT2D eigenvalue weighted by molar-refractivity contribution is -1.03. The second kappa shape index (κ2) is 6.73. The van der Waals surface area contributed by atoms with Crippen molar-refractivity contribution in [2.75, 3.05) is 26.2 Å². The summed E-state index contributed by atoms with van der Waals surface area (Å²) in [7, 11) is 0. The van der Waals surface area contributed by atoms with Gasteiger partial charge in [0.2, 0.25) is 0 Å². The van der Waals surface area contributed by atoms with Crippen LogP contribution in [0.15, 0.2) is 30.3 Å². The summed E-state index contributed by atoms with van der Waals surface area (Å²) in [5, 5.41) is 0. The van der Waals surface area contributed by atoms with E-state index in [0.29, 0.717) is 0 Å². The number of piperazine rings is 1. The normalized spacial score (nSPS) is 34.9. The molecule has 3 rings (SSSR count). The summed E-state index contributed by atoms with van der Waals surface area (Å²) in [6.07, 6.45) is 5.89. The number of rotatable bonds is 3. The van der Waals surface area contributed by atoms with Gasteiger partial charge >= 0.3 is 0 Å². The quantitative estimate of drug-likeness (QED) is 0.796. The molecule has 2 nitrogen and oxygen atoms in total. The van der Waals surface area contributed by atoms with Gasteiger partial charge in [-0.15, -0.1) is 0 Å². The number of hydrogen-bond acceptors (Lipinski definition) is 0. The Balaban J connectivity index is 1.47. The van der Waals surface area contributed by atoms with Gasteiger partial charge in [0.15, 0.2) is 0 Å². The Morgan fingerprint density at radius 1 is 1.00 bits per heavy atom. The number of hydrogen-bond donors (Lipinski definition) is 2. The lowest BCUT2D eigenvalue weighted by atomic mass is 9.86. The molecule has 0 unspecified atom stereocenters. The van der Waals surface area contributed by atoms with E-state index in [0.717, 1.165) is 12.0 Å². The van der Waals surface area contributed by atoms with Crippen LogP contribution in [0, 0.1) is 5.92 Å². The van der Waals surface area contributed by atoms with Crippen LogP contribution < -0.4 is 9.80 Å². The van der Waals surface area contributed by atoms with Crippen molar-refractivity contribution in [2.24, 2.45) is 5.92 Å². The maximum atomic E-state index is 2.45. The van der Waals surface area contributed by atoms with E-state index in [2.05, 4.69) is 37.3 Å². The first kappa shape index (κ1) is 14.1. The molecule has 1 aliphatic carbocycles. The Labute approximate surface area is 123 Å². The average molecular weight is 274 g/mol.